The molecule has 1 aromatic rings. The summed E-state index contributed by atoms with van der Waals surface area (Å²) in [6.07, 6.45) is 7.59. The van der Waals surface area contributed by atoms with E-state index < -0.39 is 0 Å². The fourth-order valence-corrected chi connectivity index (χ4v) is 3.00. The van der Waals surface area contributed by atoms with Crippen LogP contribution in [-0.2, 0) is 0 Å². The number of amides is 1. The largest absolute Gasteiger partial charge is 0.387 e. The molecule has 0 bridgehead atoms. The van der Waals surface area contributed by atoms with Gasteiger partial charge in [0.25, 0.3) is 5.91 Å². The van der Waals surface area contributed by atoms with Crippen molar-refractivity contribution in [1.29, 1.82) is 0 Å². The lowest BCUT2D eigenvalue weighted by molar-refractivity contribution is 0.0919. The SMILES string of the molecule is CCC1CCCC(NC(=O)c2cnc(C)cc2NC)C1. The van der Waals surface area contributed by atoms with E-state index >= 15 is 0 Å². The van der Waals surface area contributed by atoms with Crippen LogP contribution in [0.5, 0.6) is 0 Å². The molecule has 1 fully saturated rings. The maximum atomic E-state index is 12.4. The highest BCUT2D eigenvalue weighted by Gasteiger charge is 2.23. The van der Waals surface area contributed by atoms with E-state index in [1.165, 1.54) is 19.3 Å². The number of nitrogens with one attached hydrogen (secondary N) is 2. The summed E-state index contributed by atoms with van der Waals surface area (Å²) in [4.78, 5) is 16.6. The van der Waals surface area contributed by atoms with Gasteiger partial charge in [0, 0.05) is 25.0 Å². The molecule has 1 aliphatic rings. The Morgan fingerprint density at radius 1 is 1.45 bits per heavy atom. The molecular formula is C16H25N3O. The van der Waals surface area contributed by atoms with E-state index in [4.69, 9.17) is 0 Å². The van der Waals surface area contributed by atoms with Crippen molar-refractivity contribution in [3.8, 4) is 0 Å². The van der Waals surface area contributed by atoms with E-state index in [2.05, 4.69) is 22.5 Å². The van der Waals surface area contributed by atoms with Crippen molar-refractivity contribution in [3.63, 3.8) is 0 Å². The van der Waals surface area contributed by atoms with Crippen molar-refractivity contribution in [3.05, 3.63) is 23.5 Å². The molecule has 20 heavy (non-hydrogen) atoms. The van der Waals surface area contributed by atoms with E-state index in [1.54, 1.807) is 6.20 Å². The summed E-state index contributed by atoms with van der Waals surface area (Å²) in [5.41, 5.74) is 2.39. The Morgan fingerprint density at radius 2 is 2.25 bits per heavy atom. The normalized spacial score (nSPS) is 22.4. The number of aromatic nitrogens is 1. The van der Waals surface area contributed by atoms with Crippen LogP contribution < -0.4 is 10.6 Å². The van der Waals surface area contributed by atoms with Gasteiger partial charge in [0.2, 0.25) is 0 Å². The van der Waals surface area contributed by atoms with Crippen LogP contribution in [0.2, 0.25) is 0 Å². The minimum Gasteiger partial charge on any atom is -0.387 e. The van der Waals surface area contributed by atoms with E-state index in [9.17, 15) is 4.79 Å². The minimum absolute atomic E-state index is 0.0106. The van der Waals surface area contributed by atoms with Crippen LogP contribution in [-0.4, -0.2) is 24.0 Å². The van der Waals surface area contributed by atoms with Crippen LogP contribution in [0.4, 0.5) is 5.69 Å². The van der Waals surface area contributed by atoms with Gasteiger partial charge < -0.3 is 10.6 Å². The van der Waals surface area contributed by atoms with Crippen LogP contribution in [0.3, 0.4) is 0 Å². The highest BCUT2D eigenvalue weighted by Crippen LogP contribution is 2.27. The molecule has 0 aromatic carbocycles. The second-order valence-electron chi connectivity index (χ2n) is 5.73. The fourth-order valence-electron chi connectivity index (χ4n) is 3.00. The Balaban J connectivity index is 2.04. The zero-order valence-corrected chi connectivity index (χ0v) is 12.7. The molecule has 4 nitrogen and oxygen atoms in total. The van der Waals surface area contributed by atoms with Gasteiger partial charge in [0.1, 0.15) is 0 Å². The number of anilines is 1. The van der Waals surface area contributed by atoms with E-state index in [1.807, 2.05) is 20.0 Å². The van der Waals surface area contributed by atoms with Gasteiger partial charge >= 0.3 is 0 Å². The topological polar surface area (TPSA) is 54.0 Å². The molecule has 1 aliphatic carbocycles. The van der Waals surface area contributed by atoms with Gasteiger partial charge in [-0.3, -0.25) is 9.78 Å². The molecule has 0 radical (unpaired) electrons. The molecule has 2 rings (SSSR count). The molecule has 4 heteroatoms. The highest BCUT2D eigenvalue weighted by molar-refractivity contribution is 5.99. The molecule has 2 atom stereocenters. The monoisotopic (exact) mass is 275 g/mol. The lowest BCUT2D eigenvalue weighted by atomic mass is 9.84. The van der Waals surface area contributed by atoms with Crippen molar-refractivity contribution in [2.45, 2.75) is 52.0 Å². The quantitative estimate of drug-likeness (QED) is 0.887. The summed E-state index contributed by atoms with van der Waals surface area (Å²) in [5, 5.41) is 6.25. The summed E-state index contributed by atoms with van der Waals surface area (Å²) in [7, 11) is 1.83. The Bertz CT molecular complexity index is 473. The van der Waals surface area contributed by atoms with Crippen molar-refractivity contribution in [2.24, 2.45) is 5.92 Å². The number of rotatable bonds is 4. The average Bonchev–Trinajstić information content (AvgIpc) is 2.47. The first-order valence-electron chi connectivity index (χ1n) is 7.59. The molecule has 110 valence electrons. The summed E-state index contributed by atoms with van der Waals surface area (Å²) < 4.78 is 0. The second kappa shape index (κ2) is 6.73. The fraction of sp³-hybridized carbons (Fsp3) is 0.625. The maximum absolute atomic E-state index is 12.4. The standard InChI is InChI=1S/C16H25N3O/c1-4-12-6-5-7-13(9-12)19-16(20)14-10-18-11(2)8-15(14)17-3/h8,10,12-13H,4-7,9H2,1-3H3,(H,17,18)(H,19,20). The van der Waals surface area contributed by atoms with E-state index in [-0.39, 0.29) is 5.91 Å². The molecule has 1 aromatic heterocycles. The third-order valence-electron chi connectivity index (χ3n) is 4.25. The van der Waals surface area contributed by atoms with Crippen LogP contribution >= 0.6 is 0 Å². The smallest absolute Gasteiger partial charge is 0.255 e. The summed E-state index contributed by atoms with van der Waals surface area (Å²) >= 11 is 0. The molecule has 1 heterocycles. The zero-order valence-electron chi connectivity index (χ0n) is 12.7. The highest BCUT2D eigenvalue weighted by atomic mass is 16.1. The molecule has 0 saturated heterocycles. The van der Waals surface area contributed by atoms with Gasteiger partial charge in [-0.05, 0) is 31.7 Å². The van der Waals surface area contributed by atoms with Crippen molar-refractivity contribution >= 4 is 11.6 Å². The van der Waals surface area contributed by atoms with Crippen LogP contribution in [0.1, 0.15) is 55.1 Å². The molecule has 0 spiro atoms. The number of hydrogen-bond donors (Lipinski definition) is 2. The van der Waals surface area contributed by atoms with Gasteiger partial charge in [-0.1, -0.05) is 26.2 Å². The first kappa shape index (κ1) is 14.8. The molecule has 0 aliphatic heterocycles. The minimum atomic E-state index is -0.0106. The summed E-state index contributed by atoms with van der Waals surface area (Å²) in [6.45, 7) is 4.16. The number of nitrogens with zero attached hydrogens (tertiary/aromatic N) is 1. The Kier molecular flexibility index (Phi) is 4.99. The molecule has 1 amide bonds. The third-order valence-corrected chi connectivity index (χ3v) is 4.25. The lowest BCUT2D eigenvalue weighted by Crippen LogP contribution is -2.38. The van der Waals surface area contributed by atoms with Gasteiger partial charge in [-0.2, -0.15) is 0 Å². The molecular weight excluding hydrogens is 250 g/mol. The lowest BCUT2D eigenvalue weighted by Gasteiger charge is -2.29. The average molecular weight is 275 g/mol. The number of carbonyl (C=O) groups is 1. The van der Waals surface area contributed by atoms with E-state index in [0.717, 1.165) is 30.1 Å². The van der Waals surface area contributed by atoms with Crippen LogP contribution in [0, 0.1) is 12.8 Å². The maximum Gasteiger partial charge on any atom is 0.255 e. The number of carbonyl (C=O) groups excluding carboxylic acids is 1. The second-order valence-corrected chi connectivity index (χ2v) is 5.73. The van der Waals surface area contributed by atoms with Crippen molar-refractivity contribution in [2.75, 3.05) is 12.4 Å². The Hall–Kier alpha value is -1.58. The number of pyridine rings is 1. The number of aryl methyl sites for hydroxylation is 1. The number of hydrogen-bond acceptors (Lipinski definition) is 3. The van der Waals surface area contributed by atoms with Crippen LogP contribution in [0.25, 0.3) is 0 Å². The Morgan fingerprint density at radius 3 is 2.95 bits per heavy atom. The molecule has 2 unspecified atom stereocenters. The van der Waals surface area contributed by atoms with Gasteiger partial charge in [0.15, 0.2) is 0 Å². The summed E-state index contributed by atoms with van der Waals surface area (Å²) in [6, 6.07) is 2.22. The van der Waals surface area contributed by atoms with Crippen LogP contribution in [0.15, 0.2) is 12.3 Å². The zero-order chi connectivity index (χ0) is 14.5. The predicted molar refractivity (Wildman–Crippen MR) is 82.0 cm³/mol. The molecule has 1 saturated carbocycles. The first-order valence-corrected chi connectivity index (χ1v) is 7.59. The third kappa shape index (κ3) is 3.50. The molecule has 2 N–H and O–H groups in total. The van der Waals surface area contributed by atoms with Gasteiger partial charge in [-0.25, -0.2) is 0 Å². The van der Waals surface area contributed by atoms with Gasteiger partial charge in [-0.15, -0.1) is 0 Å². The van der Waals surface area contributed by atoms with Gasteiger partial charge in [0.05, 0.1) is 11.3 Å². The van der Waals surface area contributed by atoms with Crippen molar-refractivity contribution in [1.82, 2.24) is 10.3 Å². The first-order chi connectivity index (χ1) is 9.63. The predicted octanol–water partition coefficient (Wildman–Crippen LogP) is 3.13. The van der Waals surface area contributed by atoms with E-state index in [0.29, 0.717) is 11.6 Å². The Labute approximate surface area is 121 Å². The summed E-state index contributed by atoms with van der Waals surface area (Å²) in [5.74, 6) is 0.748. The van der Waals surface area contributed by atoms with Crippen molar-refractivity contribution < 1.29 is 4.79 Å².